The van der Waals surface area contributed by atoms with E-state index >= 15 is 0 Å². The second-order valence-electron chi connectivity index (χ2n) is 5.88. The van der Waals surface area contributed by atoms with E-state index in [2.05, 4.69) is 49.3 Å². The molecular weight excluding hydrogens is 280 g/mol. The maximum atomic E-state index is 5.89. The molecule has 3 rings (SSSR count). The van der Waals surface area contributed by atoms with Crippen LogP contribution < -0.4 is 10.1 Å². The molecule has 3 nitrogen and oxygen atoms in total. The van der Waals surface area contributed by atoms with Crippen molar-refractivity contribution in [2.45, 2.75) is 52.8 Å². The van der Waals surface area contributed by atoms with Crippen LogP contribution in [0.5, 0.6) is 5.75 Å². The Morgan fingerprint density at radius 2 is 1.90 bits per heavy atom. The Bertz CT molecular complexity index is 611. The van der Waals surface area contributed by atoms with Crippen LogP contribution >= 0.6 is 11.3 Å². The van der Waals surface area contributed by atoms with Gasteiger partial charge in [0.05, 0.1) is 5.69 Å². The first kappa shape index (κ1) is 14.5. The van der Waals surface area contributed by atoms with Crippen LogP contribution in [0.25, 0.3) is 0 Å². The van der Waals surface area contributed by atoms with Gasteiger partial charge in [-0.2, -0.15) is 0 Å². The van der Waals surface area contributed by atoms with Crippen LogP contribution in [0.4, 0.5) is 0 Å². The van der Waals surface area contributed by atoms with Gasteiger partial charge in [-0.3, -0.25) is 0 Å². The average Bonchev–Trinajstić information content (AvgIpc) is 3.17. The van der Waals surface area contributed by atoms with Gasteiger partial charge in [-0.15, -0.1) is 11.3 Å². The van der Waals surface area contributed by atoms with E-state index in [0.29, 0.717) is 6.61 Å². The highest BCUT2D eigenvalue weighted by Crippen LogP contribution is 2.24. The zero-order valence-corrected chi connectivity index (χ0v) is 13.7. The summed E-state index contributed by atoms with van der Waals surface area (Å²) in [4.78, 5) is 5.96. The van der Waals surface area contributed by atoms with E-state index in [9.17, 15) is 0 Å². The molecule has 0 unspecified atom stereocenters. The number of hydrogen-bond donors (Lipinski definition) is 1. The molecule has 1 heterocycles. The number of benzene rings is 1. The molecule has 0 bridgehead atoms. The Morgan fingerprint density at radius 3 is 2.57 bits per heavy atom. The monoisotopic (exact) mass is 302 g/mol. The standard InChI is InChI=1S/C17H22N2OS/c1-11-6-12(2)8-15(7-11)20-10-17-19-13(3)16(21-17)9-18-14-4-5-14/h6-8,14,18H,4-5,9-10H2,1-3H3. The number of rotatable bonds is 6. The molecule has 112 valence electrons. The number of aromatic nitrogens is 1. The number of aryl methyl sites for hydroxylation is 3. The molecule has 2 aromatic rings. The Morgan fingerprint density at radius 1 is 1.19 bits per heavy atom. The molecule has 0 aliphatic heterocycles. The maximum Gasteiger partial charge on any atom is 0.140 e. The van der Waals surface area contributed by atoms with Gasteiger partial charge in [-0.05, 0) is 56.9 Å². The summed E-state index contributed by atoms with van der Waals surface area (Å²) in [6.45, 7) is 7.76. The molecule has 4 heteroatoms. The third-order valence-electron chi connectivity index (χ3n) is 3.62. The highest BCUT2D eigenvalue weighted by molar-refractivity contribution is 7.11. The van der Waals surface area contributed by atoms with Gasteiger partial charge in [0.15, 0.2) is 0 Å². The van der Waals surface area contributed by atoms with E-state index < -0.39 is 0 Å². The molecule has 0 saturated heterocycles. The smallest absolute Gasteiger partial charge is 0.140 e. The van der Waals surface area contributed by atoms with Gasteiger partial charge >= 0.3 is 0 Å². The van der Waals surface area contributed by atoms with E-state index in [0.717, 1.165) is 29.0 Å². The zero-order chi connectivity index (χ0) is 14.8. The quantitative estimate of drug-likeness (QED) is 0.879. The number of nitrogens with zero attached hydrogens (tertiary/aromatic N) is 1. The fourth-order valence-electron chi connectivity index (χ4n) is 2.40. The van der Waals surface area contributed by atoms with Crippen LogP contribution in [-0.4, -0.2) is 11.0 Å². The highest BCUT2D eigenvalue weighted by atomic mass is 32.1. The fourth-order valence-corrected chi connectivity index (χ4v) is 3.33. The summed E-state index contributed by atoms with van der Waals surface area (Å²) >= 11 is 1.76. The molecule has 1 aliphatic carbocycles. The van der Waals surface area contributed by atoms with Crippen LogP contribution in [0, 0.1) is 20.8 Å². The first-order valence-corrected chi connectivity index (χ1v) is 8.31. The van der Waals surface area contributed by atoms with E-state index in [1.807, 2.05) is 0 Å². The molecule has 1 saturated carbocycles. The van der Waals surface area contributed by atoms with Crippen molar-refractivity contribution in [2.75, 3.05) is 0 Å². The second-order valence-corrected chi connectivity index (χ2v) is 7.05. The van der Waals surface area contributed by atoms with Crippen molar-refractivity contribution in [3.63, 3.8) is 0 Å². The summed E-state index contributed by atoms with van der Waals surface area (Å²) in [5, 5.41) is 4.60. The minimum Gasteiger partial charge on any atom is -0.486 e. The number of nitrogens with one attached hydrogen (secondary N) is 1. The molecule has 1 aromatic heterocycles. The van der Waals surface area contributed by atoms with Crippen molar-refractivity contribution >= 4 is 11.3 Å². The van der Waals surface area contributed by atoms with Crippen molar-refractivity contribution in [1.29, 1.82) is 0 Å². The first-order valence-electron chi connectivity index (χ1n) is 7.50. The van der Waals surface area contributed by atoms with E-state index in [1.165, 1.54) is 28.8 Å². The van der Waals surface area contributed by atoms with E-state index in [4.69, 9.17) is 4.74 Å². The summed E-state index contributed by atoms with van der Waals surface area (Å²) in [5.74, 6) is 0.929. The molecule has 1 fully saturated rings. The lowest BCUT2D eigenvalue weighted by molar-refractivity contribution is 0.305. The predicted octanol–water partition coefficient (Wildman–Crippen LogP) is 3.90. The summed E-state index contributed by atoms with van der Waals surface area (Å²) < 4.78 is 5.89. The average molecular weight is 302 g/mol. The number of thiazole rings is 1. The Kier molecular flexibility index (Phi) is 4.27. The Labute approximate surface area is 130 Å². The van der Waals surface area contributed by atoms with Crippen molar-refractivity contribution in [3.05, 3.63) is 44.9 Å². The van der Waals surface area contributed by atoms with Crippen LogP contribution in [0.3, 0.4) is 0 Å². The molecule has 1 N–H and O–H groups in total. The van der Waals surface area contributed by atoms with Crippen molar-refractivity contribution in [2.24, 2.45) is 0 Å². The van der Waals surface area contributed by atoms with Crippen molar-refractivity contribution in [3.8, 4) is 5.75 Å². The maximum absolute atomic E-state index is 5.89. The van der Waals surface area contributed by atoms with Gasteiger partial charge in [0.1, 0.15) is 17.4 Å². The molecule has 0 radical (unpaired) electrons. The number of hydrogen-bond acceptors (Lipinski definition) is 4. The van der Waals surface area contributed by atoms with Crippen LogP contribution in [-0.2, 0) is 13.2 Å². The minimum atomic E-state index is 0.553. The Balaban J connectivity index is 1.60. The lowest BCUT2D eigenvalue weighted by atomic mass is 10.1. The summed E-state index contributed by atoms with van der Waals surface area (Å²) in [6, 6.07) is 7.04. The highest BCUT2D eigenvalue weighted by Gasteiger charge is 2.21. The first-order chi connectivity index (χ1) is 10.1. The lowest BCUT2D eigenvalue weighted by Gasteiger charge is -2.06. The molecule has 1 aromatic carbocycles. The summed E-state index contributed by atoms with van der Waals surface area (Å²) in [7, 11) is 0. The van der Waals surface area contributed by atoms with Crippen molar-refractivity contribution < 1.29 is 4.74 Å². The van der Waals surface area contributed by atoms with Gasteiger partial charge in [-0.1, -0.05) is 6.07 Å². The molecule has 0 atom stereocenters. The van der Waals surface area contributed by atoms with E-state index in [1.54, 1.807) is 11.3 Å². The Hall–Kier alpha value is -1.39. The summed E-state index contributed by atoms with van der Waals surface area (Å²) in [5.41, 5.74) is 3.59. The van der Waals surface area contributed by atoms with Gasteiger partial charge in [0.2, 0.25) is 0 Å². The topological polar surface area (TPSA) is 34.1 Å². The van der Waals surface area contributed by atoms with Crippen LogP contribution in [0.15, 0.2) is 18.2 Å². The van der Waals surface area contributed by atoms with Crippen LogP contribution in [0.1, 0.15) is 39.5 Å². The van der Waals surface area contributed by atoms with Gasteiger partial charge in [0.25, 0.3) is 0 Å². The normalized spacial score (nSPS) is 14.4. The molecule has 0 amide bonds. The minimum absolute atomic E-state index is 0.553. The fraction of sp³-hybridized carbons (Fsp3) is 0.471. The van der Waals surface area contributed by atoms with Crippen LogP contribution in [0.2, 0.25) is 0 Å². The molecule has 21 heavy (non-hydrogen) atoms. The molecule has 1 aliphatic rings. The largest absolute Gasteiger partial charge is 0.486 e. The number of ether oxygens (including phenoxy) is 1. The predicted molar refractivity (Wildman–Crippen MR) is 87.0 cm³/mol. The van der Waals surface area contributed by atoms with Gasteiger partial charge in [0, 0.05) is 17.5 Å². The SMILES string of the molecule is Cc1cc(C)cc(OCc2nc(C)c(CNC3CC3)s2)c1. The summed E-state index contributed by atoms with van der Waals surface area (Å²) in [6.07, 6.45) is 2.64. The zero-order valence-electron chi connectivity index (χ0n) is 12.9. The van der Waals surface area contributed by atoms with Gasteiger partial charge in [-0.25, -0.2) is 4.98 Å². The second kappa shape index (κ2) is 6.16. The third kappa shape index (κ3) is 4.05. The van der Waals surface area contributed by atoms with E-state index in [-0.39, 0.29) is 0 Å². The lowest BCUT2D eigenvalue weighted by Crippen LogP contribution is -2.14. The van der Waals surface area contributed by atoms with Gasteiger partial charge < -0.3 is 10.1 Å². The molecule has 0 spiro atoms. The molecular formula is C17H22N2OS. The van der Waals surface area contributed by atoms with Crippen molar-refractivity contribution in [1.82, 2.24) is 10.3 Å². The third-order valence-corrected chi connectivity index (χ3v) is 4.75.